The van der Waals surface area contributed by atoms with E-state index in [9.17, 15) is 9.59 Å². The van der Waals surface area contributed by atoms with E-state index in [-0.39, 0.29) is 17.2 Å². The average Bonchev–Trinajstić information content (AvgIpc) is 3.14. The molecule has 1 atom stereocenters. The molecule has 1 aromatic rings. The first kappa shape index (κ1) is 17.0. The van der Waals surface area contributed by atoms with Gasteiger partial charge in [0.25, 0.3) is 5.91 Å². The Labute approximate surface area is 143 Å². The average molecular weight is 333 g/mol. The van der Waals surface area contributed by atoms with E-state index >= 15 is 0 Å². The quantitative estimate of drug-likeness (QED) is 0.838. The molecule has 0 unspecified atom stereocenters. The molecule has 0 bridgehead atoms. The number of amides is 2. The van der Waals surface area contributed by atoms with E-state index in [0.717, 1.165) is 37.1 Å². The number of likely N-dealkylation sites (tertiary alicyclic amines) is 2. The summed E-state index contributed by atoms with van der Waals surface area (Å²) in [5.41, 5.74) is 1.33. The Hall–Kier alpha value is -1.82. The number of nitrogens with zero attached hydrogens (tertiary/aromatic N) is 3. The summed E-state index contributed by atoms with van der Waals surface area (Å²) >= 11 is 0. The Morgan fingerprint density at radius 3 is 2.79 bits per heavy atom. The molecule has 2 aliphatic rings. The molecule has 3 heterocycles. The summed E-state index contributed by atoms with van der Waals surface area (Å²) in [6.45, 7) is 5.17. The highest BCUT2D eigenvalue weighted by molar-refractivity contribution is 5.96. The molecule has 2 saturated heterocycles. The highest BCUT2D eigenvalue weighted by Crippen LogP contribution is 2.40. The van der Waals surface area contributed by atoms with Crippen LogP contribution >= 0.6 is 0 Å². The standard InChI is InChI=1S/C18H27N3O3/c1-14-15(5-9-19(14)2)16(22)21-10-7-18(13-21)6-4-8-20(17(18)23)11-12-24-3/h5,9H,4,6-8,10-13H2,1-3H3/t18-/m1/s1. The van der Waals surface area contributed by atoms with Gasteiger partial charge in [-0.2, -0.15) is 0 Å². The fourth-order valence-corrected chi connectivity index (χ4v) is 4.00. The number of aryl methyl sites for hydroxylation is 1. The summed E-state index contributed by atoms with van der Waals surface area (Å²) < 4.78 is 7.07. The number of aromatic nitrogens is 1. The molecule has 1 spiro atoms. The fraction of sp³-hybridized carbons (Fsp3) is 0.667. The number of ether oxygens (including phenoxy) is 1. The third kappa shape index (κ3) is 2.83. The van der Waals surface area contributed by atoms with E-state index in [4.69, 9.17) is 4.74 Å². The highest BCUT2D eigenvalue weighted by atomic mass is 16.5. The number of hydrogen-bond acceptors (Lipinski definition) is 3. The molecular weight excluding hydrogens is 306 g/mol. The minimum atomic E-state index is -0.385. The molecule has 1 aromatic heterocycles. The van der Waals surface area contributed by atoms with E-state index in [0.29, 0.717) is 26.2 Å². The Morgan fingerprint density at radius 1 is 1.33 bits per heavy atom. The fourth-order valence-electron chi connectivity index (χ4n) is 4.00. The number of hydrogen-bond donors (Lipinski definition) is 0. The number of rotatable bonds is 4. The van der Waals surface area contributed by atoms with Gasteiger partial charge in [-0.1, -0.05) is 0 Å². The summed E-state index contributed by atoms with van der Waals surface area (Å²) in [4.78, 5) is 29.6. The molecule has 132 valence electrons. The monoisotopic (exact) mass is 333 g/mol. The lowest BCUT2D eigenvalue weighted by atomic mass is 9.78. The lowest BCUT2D eigenvalue weighted by molar-refractivity contribution is -0.146. The van der Waals surface area contributed by atoms with Crippen LogP contribution in [0, 0.1) is 12.3 Å². The first-order valence-corrected chi connectivity index (χ1v) is 8.68. The summed E-state index contributed by atoms with van der Waals surface area (Å²) in [6, 6.07) is 1.87. The number of carbonyl (C=O) groups excluding carboxylic acids is 2. The molecule has 24 heavy (non-hydrogen) atoms. The van der Waals surface area contributed by atoms with E-state index < -0.39 is 0 Å². The maximum Gasteiger partial charge on any atom is 0.255 e. The van der Waals surface area contributed by atoms with E-state index in [1.54, 1.807) is 7.11 Å². The van der Waals surface area contributed by atoms with Crippen molar-refractivity contribution >= 4 is 11.8 Å². The zero-order valence-corrected chi connectivity index (χ0v) is 14.9. The van der Waals surface area contributed by atoms with Crippen LogP contribution in [0.25, 0.3) is 0 Å². The lowest BCUT2D eigenvalue weighted by Crippen LogP contribution is -2.51. The van der Waals surface area contributed by atoms with Gasteiger partial charge >= 0.3 is 0 Å². The topological polar surface area (TPSA) is 54.8 Å². The van der Waals surface area contributed by atoms with E-state index in [2.05, 4.69) is 0 Å². The van der Waals surface area contributed by atoms with Gasteiger partial charge in [-0.05, 0) is 32.3 Å². The smallest absolute Gasteiger partial charge is 0.255 e. The maximum absolute atomic E-state index is 13.0. The summed E-state index contributed by atoms with van der Waals surface area (Å²) in [6.07, 6.45) is 4.56. The summed E-state index contributed by atoms with van der Waals surface area (Å²) in [5.74, 6) is 0.248. The molecule has 0 aromatic carbocycles. The summed E-state index contributed by atoms with van der Waals surface area (Å²) in [5, 5.41) is 0. The first-order valence-electron chi connectivity index (χ1n) is 8.68. The van der Waals surface area contributed by atoms with Gasteiger partial charge < -0.3 is 19.1 Å². The van der Waals surface area contributed by atoms with Crippen molar-refractivity contribution in [3.63, 3.8) is 0 Å². The van der Waals surface area contributed by atoms with Crippen LogP contribution < -0.4 is 0 Å². The van der Waals surface area contributed by atoms with Crippen molar-refractivity contribution in [1.82, 2.24) is 14.4 Å². The molecular formula is C18H27N3O3. The Kier molecular flexibility index (Phi) is 4.67. The molecule has 0 radical (unpaired) electrons. The predicted molar refractivity (Wildman–Crippen MR) is 90.8 cm³/mol. The molecule has 0 N–H and O–H groups in total. The van der Waals surface area contributed by atoms with Crippen LogP contribution in [0.5, 0.6) is 0 Å². The van der Waals surface area contributed by atoms with Gasteiger partial charge in [-0.15, -0.1) is 0 Å². The van der Waals surface area contributed by atoms with Crippen molar-refractivity contribution in [3.8, 4) is 0 Å². The van der Waals surface area contributed by atoms with Crippen molar-refractivity contribution in [2.75, 3.05) is 39.9 Å². The van der Waals surface area contributed by atoms with E-state index in [1.807, 2.05) is 40.6 Å². The zero-order chi connectivity index (χ0) is 17.3. The number of carbonyl (C=O) groups is 2. The van der Waals surface area contributed by atoms with Crippen LogP contribution in [-0.2, 0) is 16.6 Å². The second-order valence-corrected chi connectivity index (χ2v) is 7.07. The Balaban J connectivity index is 1.72. The molecule has 2 fully saturated rings. The minimum absolute atomic E-state index is 0.0480. The maximum atomic E-state index is 13.0. The van der Waals surface area contributed by atoms with Crippen LogP contribution in [-0.4, -0.2) is 66.1 Å². The predicted octanol–water partition coefficient (Wildman–Crippen LogP) is 1.43. The minimum Gasteiger partial charge on any atom is -0.383 e. The molecule has 0 saturated carbocycles. The van der Waals surface area contributed by atoms with Crippen LogP contribution in [0.1, 0.15) is 35.3 Å². The van der Waals surface area contributed by atoms with Crippen LogP contribution in [0.4, 0.5) is 0 Å². The first-order chi connectivity index (χ1) is 11.5. The summed E-state index contributed by atoms with van der Waals surface area (Å²) in [7, 11) is 3.60. The normalized spacial score (nSPS) is 24.2. The van der Waals surface area contributed by atoms with Crippen molar-refractivity contribution < 1.29 is 14.3 Å². The molecule has 6 heteroatoms. The third-order valence-corrected chi connectivity index (χ3v) is 5.64. The van der Waals surface area contributed by atoms with Gasteiger partial charge in [0.15, 0.2) is 0 Å². The SMILES string of the molecule is COCCN1CCC[C@]2(CCN(C(=O)c3ccn(C)c3C)C2)C1=O. The van der Waals surface area contributed by atoms with Crippen molar-refractivity contribution in [3.05, 3.63) is 23.5 Å². The largest absolute Gasteiger partial charge is 0.383 e. The van der Waals surface area contributed by atoms with Crippen LogP contribution in [0.15, 0.2) is 12.3 Å². The number of methoxy groups -OCH3 is 1. The van der Waals surface area contributed by atoms with Gasteiger partial charge in [-0.3, -0.25) is 9.59 Å². The van der Waals surface area contributed by atoms with Gasteiger partial charge in [-0.25, -0.2) is 0 Å². The van der Waals surface area contributed by atoms with E-state index in [1.165, 1.54) is 0 Å². The second kappa shape index (κ2) is 6.59. The highest BCUT2D eigenvalue weighted by Gasteiger charge is 2.49. The zero-order valence-electron chi connectivity index (χ0n) is 14.9. The Morgan fingerprint density at radius 2 is 2.12 bits per heavy atom. The third-order valence-electron chi connectivity index (χ3n) is 5.64. The Bertz CT molecular complexity index is 639. The van der Waals surface area contributed by atoms with Crippen LogP contribution in [0.2, 0.25) is 0 Å². The second-order valence-electron chi connectivity index (χ2n) is 7.07. The lowest BCUT2D eigenvalue weighted by Gasteiger charge is -2.39. The van der Waals surface area contributed by atoms with Crippen molar-refractivity contribution in [2.24, 2.45) is 12.5 Å². The number of piperidine rings is 1. The van der Waals surface area contributed by atoms with Gasteiger partial charge in [0.2, 0.25) is 5.91 Å². The van der Waals surface area contributed by atoms with Crippen molar-refractivity contribution in [1.29, 1.82) is 0 Å². The van der Waals surface area contributed by atoms with Gasteiger partial charge in [0.1, 0.15) is 0 Å². The molecule has 2 aliphatic heterocycles. The molecule has 6 nitrogen and oxygen atoms in total. The van der Waals surface area contributed by atoms with Crippen molar-refractivity contribution in [2.45, 2.75) is 26.2 Å². The molecule has 3 rings (SSSR count). The molecule has 2 amide bonds. The van der Waals surface area contributed by atoms with Crippen LogP contribution in [0.3, 0.4) is 0 Å². The van der Waals surface area contributed by atoms with Gasteiger partial charge in [0.05, 0.1) is 17.6 Å². The molecule has 0 aliphatic carbocycles. The van der Waals surface area contributed by atoms with Gasteiger partial charge in [0, 0.05) is 52.2 Å².